The summed E-state index contributed by atoms with van der Waals surface area (Å²) in [4.78, 5) is 11.8. The molecule has 0 bridgehead atoms. The van der Waals surface area contributed by atoms with Crippen LogP contribution in [0.25, 0.3) is 0 Å². The first-order valence-electron chi connectivity index (χ1n) is 6.96. The number of amides is 1. The predicted molar refractivity (Wildman–Crippen MR) is 71.5 cm³/mol. The quantitative estimate of drug-likeness (QED) is 0.928. The number of nitrogens with one attached hydrogen (secondary N) is 1. The predicted octanol–water partition coefficient (Wildman–Crippen LogP) is 3.14. The van der Waals surface area contributed by atoms with Crippen molar-refractivity contribution in [3.63, 3.8) is 0 Å². The second-order valence-corrected chi connectivity index (χ2v) is 5.19. The van der Waals surface area contributed by atoms with Crippen LogP contribution in [0.5, 0.6) is 0 Å². The molecule has 0 spiro atoms. The van der Waals surface area contributed by atoms with Gasteiger partial charge in [0.25, 0.3) is 0 Å². The van der Waals surface area contributed by atoms with E-state index in [9.17, 15) is 18.0 Å². The van der Waals surface area contributed by atoms with Crippen LogP contribution in [0.4, 0.5) is 13.2 Å². The molecule has 0 aromatic heterocycles. The van der Waals surface area contributed by atoms with Crippen molar-refractivity contribution in [2.24, 2.45) is 5.92 Å². The summed E-state index contributed by atoms with van der Waals surface area (Å²) in [6.45, 7) is 1.20. The van der Waals surface area contributed by atoms with Gasteiger partial charge in [-0.2, -0.15) is 13.2 Å². The Balaban J connectivity index is 1.89. The molecule has 1 aromatic rings. The lowest BCUT2D eigenvalue weighted by Gasteiger charge is -2.21. The van der Waals surface area contributed by atoms with Crippen molar-refractivity contribution in [3.05, 3.63) is 35.4 Å². The van der Waals surface area contributed by atoms with Gasteiger partial charge in [0.2, 0.25) is 5.91 Å². The molecular formula is C15H18F3NO2. The van der Waals surface area contributed by atoms with Gasteiger partial charge in [-0.15, -0.1) is 0 Å². The molecule has 6 heteroatoms. The van der Waals surface area contributed by atoms with Crippen LogP contribution in [0.3, 0.4) is 0 Å². The van der Waals surface area contributed by atoms with Gasteiger partial charge in [-0.3, -0.25) is 4.79 Å². The van der Waals surface area contributed by atoms with Crippen LogP contribution in [0, 0.1) is 5.92 Å². The first-order valence-corrected chi connectivity index (χ1v) is 6.96. The molecule has 0 aliphatic carbocycles. The Morgan fingerprint density at radius 2 is 1.90 bits per heavy atom. The van der Waals surface area contributed by atoms with Crippen LogP contribution in [0.1, 0.15) is 30.4 Å². The van der Waals surface area contributed by atoms with Crippen LogP contribution in [-0.2, 0) is 22.3 Å². The van der Waals surface area contributed by atoms with Crippen molar-refractivity contribution in [1.29, 1.82) is 0 Å². The average Bonchev–Trinajstić information content (AvgIpc) is 2.45. The fraction of sp³-hybridized carbons (Fsp3) is 0.533. The summed E-state index contributed by atoms with van der Waals surface area (Å²) >= 11 is 0. The number of alkyl halides is 3. The van der Waals surface area contributed by atoms with Gasteiger partial charge in [0.05, 0.1) is 5.56 Å². The van der Waals surface area contributed by atoms with E-state index in [-0.39, 0.29) is 23.9 Å². The Morgan fingerprint density at radius 1 is 1.24 bits per heavy atom. The molecule has 0 radical (unpaired) electrons. The van der Waals surface area contributed by atoms with Gasteiger partial charge >= 0.3 is 6.18 Å². The Morgan fingerprint density at radius 3 is 2.57 bits per heavy atom. The van der Waals surface area contributed by atoms with Crippen LogP contribution in [0.2, 0.25) is 0 Å². The first-order chi connectivity index (χ1) is 9.97. The lowest BCUT2D eigenvalue weighted by molar-refractivity contribution is -0.138. The summed E-state index contributed by atoms with van der Waals surface area (Å²) in [6.07, 6.45) is -2.40. The van der Waals surface area contributed by atoms with Gasteiger partial charge in [0.15, 0.2) is 0 Å². The molecular weight excluding hydrogens is 283 g/mol. The summed E-state index contributed by atoms with van der Waals surface area (Å²) in [5.41, 5.74) is -0.610. The summed E-state index contributed by atoms with van der Waals surface area (Å²) in [5, 5.41) is 2.58. The molecule has 1 aliphatic heterocycles. The van der Waals surface area contributed by atoms with Crippen molar-refractivity contribution in [3.8, 4) is 0 Å². The first kappa shape index (κ1) is 15.8. The van der Waals surface area contributed by atoms with Crippen molar-refractivity contribution in [2.45, 2.75) is 32.0 Å². The molecule has 1 N–H and O–H groups in total. The third-order valence-electron chi connectivity index (χ3n) is 3.61. The number of benzene rings is 1. The second-order valence-electron chi connectivity index (χ2n) is 5.19. The van der Waals surface area contributed by atoms with E-state index in [0.29, 0.717) is 19.6 Å². The highest BCUT2D eigenvalue weighted by molar-refractivity contribution is 5.76. The number of carbonyl (C=O) groups is 1. The van der Waals surface area contributed by atoms with Crippen molar-refractivity contribution in [1.82, 2.24) is 5.32 Å². The van der Waals surface area contributed by atoms with Crippen molar-refractivity contribution >= 4 is 5.91 Å². The summed E-state index contributed by atoms with van der Waals surface area (Å²) in [7, 11) is 0. The number of ether oxygens (including phenoxy) is 1. The van der Waals surface area contributed by atoms with Crippen LogP contribution < -0.4 is 5.32 Å². The minimum Gasteiger partial charge on any atom is -0.381 e. The van der Waals surface area contributed by atoms with E-state index in [0.717, 1.165) is 18.9 Å². The average molecular weight is 301 g/mol. The third-order valence-corrected chi connectivity index (χ3v) is 3.61. The van der Waals surface area contributed by atoms with E-state index in [1.165, 1.54) is 18.2 Å². The van der Waals surface area contributed by atoms with E-state index in [1.54, 1.807) is 0 Å². The molecule has 116 valence electrons. The number of halogens is 3. The van der Waals surface area contributed by atoms with Crippen molar-refractivity contribution < 1.29 is 22.7 Å². The lowest BCUT2D eigenvalue weighted by atomic mass is 9.96. The zero-order chi connectivity index (χ0) is 15.3. The highest BCUT2D eigenvalue weighted by Gasteiger charge is 2.32. The summed E-state index contributed by atoms with van der Waals surface area (Å²) in [6, 6.07) is 5.29. The number of rotatable bonds is 4. The molecule has 21 heavy (non-hydrogen) atoms. The summed E-state index contributed by atoms with van der Waals surface area (Å²) in [5.74, 6) is 0.0514. The molecule has 1 heterocycles. The van der Waals surface area contributed by atoms with Crippen LogP contribution in [0.15, 0.2) is 24.3 Å². The minimum absolute atomic E-state index is 0.0883. The smallest absolute Gasteiger partial charge is 0.381 e. The van der Waals surface area contributed by atoms with E-state index in [1.807, 2.05) is 0 Å². The highest BCUT2D eigenvalue weighted by atomic mass is 19.4. The largest absolute Gasteiger partial charge is 0.416 e. The Kier molecular flexibility index (Phi) is 5.22. The van der Waals surface area contributed by atoms with E-state index in [2.05, 4.69) is 5.32 Å². The zero-order valence-corrected chi connectivity index (χ0v) is 11.6. The number of hydrogen-bond acceptors (Lipinski definition) is 2. The Labute approximate surface area is 121 Å². The molecule has 1 fully saturated rings. The van der Waals surface area contributed by atoms with Crippen LogP contribution in [-0.4, -0.2) is 19.1 Å². The number of hydrogen-bond donors (Lipinski definition) is 1. The molecule has 1 saturated heterocycles. The van der Waals surface area contributed by atoms with Crippen molar-refractivity contribution in [2.75, 3.05) is 13.2 Å². The summed E-state index contributed by atoms with van der Waals surface area (Å²) < 4.78 is 43.7. The van der Waals surface area contributed by atoms with Gasteiger partial charge < -0.3 is 10.1 Å². The second kappa shape index (κ2) is 6.93. The maximum absolute atomic E-state index is 12.8. The molecule has 1 amide bonds. The molecule has 2 rings (SSSR count). The zero-order valence-electron chi connectivity index (χ0n) is 11.6. The SMILES string of the molecule is O=C(CC1CCOCC1)NCc1ccccc1C(F)(F)F. The lowest BCUT2D eigenvalue weighted by Crippen LogP contribution is -2.28. The standard InChI is InChI=1S/C15H18F3NO2/c16-15(17,18)13-4-2-1-3-12(13)10-19-14(20)9-11-5-7-21-8-6-11/h1-4,11H,5-10H2,(H,19,20). The molecule has 0 saturated carbocycles. The van der Waals surface area contributed by atoms with Gasteiger partial charge in [0.1, 0.15) is 0 Å². The van der Waals surface area contributed by atoms with E-state index < -0.39 is 11.7 Å². The normalized spacial score (nSPS) is 16.7. The van der Waals surface area contributed by atoms with Gasteiger partial charge in [-0.05, 0) is 30.4 Å². The molecule has 3 nitrogen and oxygen atoms in total. The highest BCUT2D eigenvalue weighted by Crippen LogP contribution is 2.31. The Hall–Kier alpha value is -1.56. The van der Waals surface area contributed by atoms with Gasteiger partial charge in [-0.25, -0.2) is 0 Å². The topological polar surface area (TPSA) is 38.3 Å². The number of carbonyl (C=O) groups excluding carboxylic acids is 1. The maximum Gasteiger partial charge on any atom is 0.416 e. The van der Waals surface area contributed by atoms with E-state index in [4.69, 9.17) is 4.74 Å². The molecule has 1 aliphatic rings. The fourth-order valence-electron chi connectivity index (χ4n) is 2.43. The maximum atomic E-state index is 12.8. The molecule has 0 atom stereocenters. The fourth-order valence-corrected chi connectivity index (χ4v) is 2.43. The molecule has 0 unspecified atom stereocenters. The Bertz CT molecular complexity index is 482. The minimum atomic E-state index is -4.40. The molecule has 1 aromatic carbocycles. The third kappa shape index (κ3) is 4.74. The monoisotopic (exact) mass is 301 g/mol. The van der Waals surface area contributed by atoms with Gasteiger partial charge in [0, 0.05) is 26.2 Å². The van der Waals surface area contributed by atoms with Crippen LogP contribution >= 0.6 is 0 Å². The van der Waals surface area contributed by atoms with E-state index >= 15 is 0 Å². The van der Waals surface area contributed by atoms with Gasteiger partial charge in [-0.1, -0.05) is 18.2 Å².